The summed E-state index contributed by atoms with van der Waals surface area (Å²) in [6.45, 7) is 1.21. The number of nitrogens with zero attached hydrogens (tertiary/aromatic N) is 2. The average Bonchev–Trinajstić information content (AvgIpc) is 2.02. The molecule has 14 heavy (non-hydrogen) atoms. The molecule has 2 unspecified atom stereocenters. The zero-order chi connectivity index (χ0) is 11.0. The fourth-order valence-electron chi connectivity index (χ4n) is 0.596. The van der Waals surface area contributed by atoms with E-state index < -0.39 is 17.0 Å². The third-order valence-electron chi connectivity index (χ3n) is 0.991. The lowest BCUT2D eigenvalue weighted by molar-refractivity contribution is -0.163. The van der Waals surface area contributed by atoms with Crippen LogP contribution in [0.4, 0.5) is 0 Å². The number of hydrogen-bond acceptors (Lipinski definition) is 5. The smallest absolute Gasteiger partial charge is 0.322 e. The summed E-state index contributed by atoms with van der Waals surface area (Å²) in [5.74, 6) is -0.788. The van der Waals surface area contributed by atoms with E-state index in [0.717, 1.165) is 4.83 Å². The number of hydrogen-bond donors (Lipinski definition) is 1. The van der Waals surface area contributed by atoms with Crippen molar-refractivity contribution in [1.82, 2.24) is 4.83 Å². The fraction of sp³-hybridized carbons (Fsp3) is 0.667. The molecule has 0 aromatic heterocycles. The van der Waals surface area contributed by atoms with E-state index in [-0.39, 0.29) is 14.6 Å². The van der Waals surface area contributed by atoms with Crippen molar-refractivity contribution in [3.8, 4) is 6.07 Å². The van der Waals surface area contributed by atoms with Gasteiger partial charge in [-0.3, -0.25) is 4.79 Å². The van der Waals surface area contributed by atoms with Crippen LogP contribution in [-0.2, 0) is 20.7 Å². The second-order valence-corrected chi connectivity index (χ2v) is 4.44. The normalized spacial score (nSPS) is 13.0. The fourth-order valence-corrected chi connectivity index (χ4v) is 2.21. The molecule has 0 heterocycles. The Labute approximate surface area is 86.3 Å². The van der Waals surface area contributed by atoms with Gasteiger partial charge in [0.25, 0.3) is 0 Å². The molecule has 0 fully saturated rings. The van der Waals surface area contributed by atoms with Crippen LogP contribution in [-0.4, -0.2) is 31.6 Å². The van der Waals surface area contributed by atoms with Gasteiger partial charge in [-0.1, -0.05) is 0 Å². The summed E-state index contributed by atoms with van der Waals surface area (Å²) < 4.78 is 19.0. The average molecular weight is 238 g/mol. The lowest BCUT2D eigenvalue weighted by Gasteiger charge is -2.17. The molecule has 8 heteroatoms. The van der Waals surface area contributed by atoms with Crippen LogP contribution in [0.1, 0.15) is 13.3 Å². The van der Waals surface area contributed by atoms with Gasteiger partial charge < -0.3 is 9.39 Å². The number of nitriles is 1. The molecule has 0 bridgehead atoms. The molecule has 6 nitrogen and oxygen atoms in total. The lowest BCUT2D eigenvalue weighted by Crippen LogP contribution is -2.22. The third-order valence-corrected chi connectivity index (χ3v) is 2.75. The van der Waals surface area contributed by atoms with Gasteiger partial charge >= 0.3 is 5.97 Å². The Balaban J connectivity index is 3.91. The first-order valence-electron chi connectivity index (χ1n) is 3.70. The minimum atomic E-state index is -2.04. The van der Waals surface area contributed by atoms with Gasteiger partial charge in [0.2, 0.25) is 0 Å². The highest BCUT2D eigenvalue weighted by Gasteiger charge is 2.10. The highest BCUT2D eigenvalue weighted by atomic mass is 32.2. The van der Waals surface area contributed by atoms with Crippen LogP contribution in [0.15, 0.2) is 0 Å². The molecular weight excluding hydrogens is 227 g/mol. The molecule has 0 aliphatic heterocycles. The van der Waals surface area contributed by atoms with Gasteiger partial charge in [-0.15, -0.1) is 4.83 Å². The summed E-state index contributed by atoms with van der Waals surface area (Å²) in [7, 11) is 0.0305. The summed E-state index contributed by atoms with van der Waals surface area (Å²) in [5, 5.41) is 8.26. The molecule has 0 aromatic carbocycles. The van der Waals surface area contributed by atoms with Crippen molar-refractivity contribution < 1.29 is 18.4 Å². The lowest BCUT2D eigenvalue weighted by atomic mass is 10.6. The van der Waals surface area contributed by atoms with Crippen molar-refractivity contribution >= 4 is 25.8 Å². The Bertz CT molecular complexity index is 239. The summed E-state index contributed by atoms with van der Waals surface area (Å²) >= 11 is -2.04. The first-order valence-corrected chi connectivity index (χ1v) is 6.13. The highest BCUT2D eigenvalue weighted by Crippen LogP contribution is 2.19. The summed E-state index contributed by atoms with van der Waals surface area (Å²) in [6.07, 6.45) is 0.843. The second-order valence-electron chi connectivity index (χ2n) is 2.23. The van der Waals surface area contributed by atoms with Crippen molar-refractivity contribution in [2.24, 2.45) is 0 Å². The van der Waals surface area contributed by atoms with E-state index in [4.69, 9.17) is 9.81 Å². The molecule has 0 aromatic rings. The number of hydroxylamine groups is 1. The van der Waals surface area contributed by atoms with Crippen LogP contribution in [0.3, 0.4) is 0 Å². The van der Waals surface area contributed by atoms with Crippen molar-refractivity contribution in [1.29, 1.82) is 5.26 Å². The molecule has 0 rings (SSSR count). The van der Waals surface area contributed by atoms with Crippen LogP contribution in [0.25, 0.3) is 0 Å². The molecule has 0 spiro atoms. The van der Waals surface area contributed by atoms with Gasteiger partial charge in [-0.2, -0.15) is 5.26 Å². The maximum atomic E-state index is 10.6. The quantitative estimate of drug-likeness (QED) is 0.313. The predicted octanol–water partition coefficient (Wildman–Crippen LogP) is 0.453. The second kappa shape index (κ2) is 7.83. The first-order chi connectivity index (χ1) is 6.56. The number of carbonyl (C=O) groups excluding carboxylic acids is 1. The van der Waals surface area contributed by atoms with Crippen molar-refractivity contribution in [2.75, 3.05) is 12.0 Å². The summed E-state index contributed by atoms with van der Waals surface area (Å²) in [6, 6.07) is 1.93. The molecule has 0 amide bonds. The van der Waals surface area contributed by atoms with E-state index in [0.29, 0.717) is 12.6 Å². The maximum absolute atomic E-state index is 10.6. The van der Waals surface area contributed by atoms with Crippen LogP contribution in [0.2, 0.25) is 0 Å². The summed E-state index contributed by atoms with van der Waals surface area (Å²) in [4.78, 5) is 16.3. The standard InChI is InChI=1S/C6H11N2O4PS/c1-6(9)12-8(5-14(10)11)13-4-2-3-7/h13H,2,4-5H2,1H3,(H,10,11). The third kappa shape index (κ3) is 8.08. The molecule has 1 N–H and O–H groups in total. The minimum Gasteiger partial charge on any atom is -0.364 e. The van der Waals surface area contributed by atoms with Crippen molar-refractivity contribution in [2.45, 2.75) is 13.3 Å². The van der Waals surface area contributed by atoms with Crippen LogP contribution >= 0.6 is 8.73 Å². The van der Waals surface area contributed by atoms with Gasteiger partial charge in [0.1, 0.15) is 5.88 Å². The van der Waals surface area contributed by atoms with Crippen molar-refractivity contribution in [3.63, 3.8) is 0 Å². The number of carbonyl (C=O) groups is 1. The topological polar surface area (TPSA) is 90.6 Å². The molecule has 0 saturated heterocycles. The Morgan fingerprint density at radius 3 is 2.86 bits per heavy atom. The Morgan fingerprint density at radius 2 is 2.43 bits per heavy atom. The van der Waals surface area contributed by atoms with Crippen LogP contribution in [0.5, 0.6) is 0 Å². The molecule has 0 radical (unpaired) electrons. The summed E-state index contributed by atoms with van der Waals surface area (Å²) in [5.41, 5.74) is 0. The Hall–Kier alpha value is -0.540. The van der Waals surface area contributed by atoms with E-state index in [9.17, 15) is 9.00 Å². The molecule has 0 aliphatic carbocycles. The minimum absolute atomic E-state index is 0.0305. The van der Waals surface area contributed by atoms with Crippen molar-refractivity contribution in [3.05, 3.63) is 0 Å². The largest absolute Gasteiger partial charge is 0.364 e. The molecule has 80 valence electrons. The Kier molecular flexibility index (Phi) is 7.52. The first kappa shape index (κ1) is 13.5. The van der Waals surface area contributed by atoms with Gasteiger partial charge in [0.05, 0.1) is 6.07 Å². The van der Waals surface area contributed by atoms with E-state index in [1.807, 2.05) is 6.07 Å². The molecular formula is C6H11N2O4PS. The van der Waals surface area contributed by atoms with Gasteiger partial charge in [0, 0.05) is 13.3 Å². The van der Waals surface area contributed by atoms with E-state index in [2.05, 4.69) is 4.84 Å². The molecule has 2 atom stereocenters. The zero-order valence-corrected chi connectivity index (χ0v) is 9.41. The molecule has 0 saturated carbocycles. The van der Waals surface area contributed by atoms with Crippen LogP contribution in [0, 0.1) is 11.3 Å². The van der Waals surface area contributed by atoms with Gasteiger partial charge in [-0.25, -0.2) is 4.21 Å². The maximum Gasteiger partial charge on any atom is 0.322 e. The SMILES string of the molecule is CC(=O)ON(CS(=O)O)PCCC#N. The number of rotatable bonds is 6. The predicted molar refractivity (Wildman–Crippen MR) is 52.7 cm³/mol. The monoisotopic (exact) mass is 238 g/mol. The zero-order valence-electron chi connectivity index (χ0n) is 7.60. The van der Waals surface area contributed by atoms with E-state index >= 15 is 0 Å². The highest BCUT2D eigenvalue weighted by molar-refractivity contribution is 7.79. The van der Waals surface area contributed by atoms with E-state index in [1.165, 1.54) is 6.92 Å². The van der Waals surface area contributed by atoms with Crippen LogP contribution < -0.4 is 0 Å². The van der Waals surface area contributed by atoms with Gasteiger partial charge in [-0.05, 0) is 14.9 Å². The van der Waals surface area contributed by atoms with E-state index in [1.54, 1.807) is 0 Å². The Morgan fingerprint density at radius 1 is 1.79 bits per heavy atom. The molecule has 0 aliphatic rings. The van der Waals surface area contributed by atoms with Gasteiger partial charge in [0.15, 0.2) is 11.1 Å².